The summed E-state index contributed by atoms with van der Waals surface area (Å²) in [4.78, 5) is 0. The van der Waals surface area contributed by atoms with Crippen LogP contribution in [0.3, 0.4) is 0 Å². The van der Waals surface area contributed by atoms with Crippen molar-refractivity contribution >= 4 is 17.2 Å². The van der Waals surface area contributed by atoms with Crippen LogP contribution in [0.15, 0.2) is 58.7 Å². The van der Waals surface area contributed by atoms with Gasteiger partial charge in [0, 0.05) is 11.4 Å². The Kier molecular flexibility index (Phi) is 6.40. The summed E-state index contributed by atoms with van der Waals surface area (Å²) in [5, 5.41) is 19.9. The number of amidine groups is 1. The van der Waals surface area contributed by atoms with Crippen LogP contribution in [0.1, 0.15) is 18.1 Å². The van der Waals surface area contributed by atoms with E-state index in [1.165, 1.54) is 5.56 Å². The number of hydrogen-bond acceptors (Lipinski definition) is 4. The van der Waals surface area contributed by atoms with Crippen LogP contribution in [0.5, 0.6) is 0 Å². The topological polar surface area (TPSA) is 97.4 Å². The first-order valence-electron chi connectivity index (χ1n) is 7.61. The predicted molar refractivity (Wildman–Crippen MR) is 91.1 cm³/mol. The molecule has 0 atom stereocenters. The monoisotopic (exact) mass is 312 g/mol. The molecule has 0 aliphatic heterocycles. The Balaban J connectivity index is 2.29. The molecule has 0 amide bonds. The zero-order chi connectivity index (χ0) is 16.5. The summed E-state index contributed by atoms with van der Waals surface area (Å²) >= 11 is 0. The summed E-state index contributed by atoms with van der Waals surface area (Å²) in [5.74, 6) is 0.313. The summed E-state index contributed by atoms with van der Waals surface area (Å²) in [5.41, 5.74) is 12.8. The number of para-hydroxylation sites is 1. The number of aryl methyl sites for hydroxylation is 1. The molecule has 6 heteroatoms. The Labute approximate surface area is 135 Å². The van der Waals surface area contributed by atoms with Gasteiger partial charge in [-0.25, -0.2) is 11.0 Å². The predicted octanol–water partition coefficient (Wildman–Crippen LogP) is 2.24. The van der Waals surface area contributed by atoms with Gasteiger partial charge in [-0.1, -0.05) is 36.3 Å². The van der Waals surface area contributed by atoms with E-state index in [4.69, 9.17) is 10.6 Å². The first kappa shape index (κ1) is 16.8. The van der Waals surface area contributed by atoms with Gasteiger partial charge in [0.05, 0.1) is 12.2 Å². The van der Waals surface area contributed by atoms with Gasteiger partial charge >= 0.3 is 0 Å². The lowest BCUT2D eigenvalue weighted by molar-refractivity contribution is -0.662. The second kappa shape index (κ2) is 8.77. The normalized spacial score (nSPS) is 11.3. The highest BCUT2D eigenvalue weighted by Gasteiger charge is 2.10. The molecule has 0 aromatic heterocycles. The third-order valence-electron chi connectivity index (χ3n) is 3.36. The molecule has 6 nitrogen and oxygen atoms in total. The molecule has 0 aliphatic rings. The maximum atomic E-state index is 8.83. The molecule has 0 saturated carbocycles. The number of aliphatic hydroxyl groups excluding tert-OH is 1. The van der Waals surface area contributed by atoms with E-state index in [9.17, 15) is 0 Å². The molecule has 0 fully saturated rings. The third-order valence-corrected chi connectivity index (χ3v) is 3.36. The van der Waals surface area contributed by atoms with Crippen molar-refractivity contribution < 1.29 is 10.5 Å². The number of hydrogen-bond donors (Lipinski definition) is 4. The number of nitrogens with one attached hydrogen (secondary N) is 2. The van der Waals surface area contributed by atoms with Crippen molar-refractivity contribution in [3.63, 3.8) is 0 Å². The largest absolute Gasteiger partial charge is 0.390 e. The van der Waals surface area contributed by atoms with Crippen LogP contribution in [-0.2, 0) is 6.42 Å². The van der Waals surface area contributed by atoms with Crippen LogP contribution >= 0.6 is 0 Å². The van der Waals surface area contributed by atoms with Crippen LogP contribution in [0.4, 0.5) is 11.4 Å². The van der Waals surface area contributed by atoms with E-state index in [2.05, 4.69) is 34.6 Å². The van der Waals surface area contributed by atoms with Crippen molar-refractivity contribution in [3.8, 4) is 0 Å². The molecule has 120 valence electrons. The highest BCUT2D eigenvalue weighted by atomic mass is 16.3. The van der Waals surface area contributed by atoms with Crippen LogP contribution in [0.25, 0.3) is 0 Å². The molecule has 0 unspecified atom stereocenters. The number of quaternary nitrogens is 1. The van der Waals surface area contributed by atoms with Gasteiger partial charge in [0.1, 0.15) is 6.54 Å². The van der Waals surface area contributed by atoms with E-state index in [-0.39, 0.29) is 6.61 Å². The van der Waals surface area contributed by atoms with Gasteiger partial charge in [0.15, 0.2) is 0 Å². The summed E-state index contributed by atoms with van der Waals surface area (Å²) in [6, 6.07) is 15.8. The van der Waals surface area contributed by atoms with Crippen molar-refractivity contribution in [1.82, 2.24) is 0 Å². The standard InChI is InChI=1S/C17H21N5O/c1-2-13-6-5-7-14(12-13)20-16-9-4-3-8-15(16)17(21-18)22-19-10-11-23/h3-9,12,18-20,23H,2,10-11H2,1H3/p+1/b21-18?,22-17-. The van der Waals surface area contributed by atoms with E-state index in [0.717, 1.165) is 23.4 Å². The first-order valence-corrected chi connectivity index (χ1v) is 7.61. The lowest BCUT2D eigenvalue weighted by atomic mass is 10.1. The van der Waals surface area contributed by atoms with Crippen molar-refractivity contribution in [2.24, 2.45) is 10.2 Å². The second-order valence-corrected chi connectivity index (χ2v) is 4.98. The van der Waals surface area contributed by atoms with E-state index in [1.54, 1.807) is 5.43 Å². The van der Waals surface area contributed by atoms with Gasteiger partial charge in [-0.3, -0.25) is 0 Å². The smallest absolute Gasteiger partial charge is 0.237 e. The van der Waals surface area contributed by atoms with Gasteiger partial charge in [-0.2, -0.15) is 0 Å². The number of rotatable bonds is 7. The number of benzene rings is 2. The fraction of sp³-hybridized carbons (Fsp3) is 0.235. The number of nitrogens with two attached hydrogens (primary N) is 1. The Morgan fingerprint density at radius 3 is 2.78 bits per heavy atom. The quantitative estimate of drug-likeness (QED) is 0.157. The number of anilines is 2. The Hall–Kier alpha value is -2.57. The lowest BCUT2D eigenvalue weighted by Crippen LogP contribution is -2.79. The van der Waals surface area contributed by atoms with E-state index in [0.29, 0.717) is 12.4 Å². The average Bonchev–Trinajstić information content (AvgIpc) is 2.60. The van der Waals surface area contributed by atoms with Gasteiger partial charge in [-0.15, -0.1) is 5.11 Å². The van der Waals surface area contributed by atoms with Crippen molar-refractivity contribution in [1.29, 1.82) is 5.53 Å². The molecule has 0 radical (unpaired) electrons. The number of nitrogens with zero attached hydrogens (tertiary/aromatic N) is 2. The zero-order valence-corrected chi connectivity index (χ0v) is 13.2. The molecule has 2 aromatic carbocycles. The van der Waals surface area contributed by atoms with E-state index >= 15 is 0 Å². The minimum absolute atomic E-state index is 0.0263. The summed E-state index contributed by atoms with van der Waals surface area (Å²) in [7, 11) is 0. The van der Waals surface area contributed by atoms with E-state index < -0.39 is 0 Å². The average molecular weight is 312 g/mol. The van der Waals surface area contributed by atoms with Crippen LogP contribution in [0, 0.1) is 5.53 Å². The SMILES string of the molecule is CCc1cccc(Nc2ccccc2/C(N=N)=N/[NH2+]CCO)c1. The van der Waals surface area contributed by atoms with Crippen molar-refractivity contribution in [2.75, 3.05) is 18.5 Å². The molecule has 0 bridgehead atoms. The molecular weight excluding hydrogens is 290 g/mol. The first-order chi connectivity index (χ1) is 11.3. The molecule has 23 heavy (non-hydrogen) atoms. The highest BCUT2D eigenvalue weighted by Crippen LogP contribution is 2.22. The summed E-state index contributed by atoms with van der Waals surface area (Å²) in [6.45, 7) is 2.58. The molecule has 0 spiro atoms. The van der Waals surface area contributed by atoms with Crippen LogP contribution < -0.4 is 10.7 Å². The fourth-order valence-corrected chi connectivity index (χ4v) is 2.18. The number of aliphatic hydroxyl groups is 1. The lowest BCUT2D eigenvalue weighted by Gasteiger charge is -2.11. The maximum absolute atomic E-state index is 8.83. The Morgan fingerprint density at radius 2 is 2.04 bits per heavy atom. The van der Waals surface area contributed by atoms with Gasteiger partial charge in [0.25, 0.3) is 0 Å². The molecule has 0 heterocycles. The Bertz CT molecular complexity index is 684. The van der Waals surface area contributed by atoms with Crippen molar-refractivity contribution in [2.45, 2.75) is 13.3 Å². The molecule has 5 N–H and O–H groups in total. The van der Waals surface area contributed by atoms with Gasteiger partial charge < -0.3 is 10.4 Å². The van der Waals surface area contributed by atoms with E-state index in [1.807, 2.05) is 36.4 Å². The molecular formula is C17H22N5O+. The molecule has 0 aliphatic carbocycles. The molecule has 0 saturated heterocycles. The van der Waals surface area contributed by atoms with Gasteiger partial charge in [-0.05, 0) is 36.2 Å². The highest BCUT2D eigenvalue weighted by molar-refractivity contribution is 6.03. The second-order valence-electron chi connectivity index (χ2n) is 4.98. The zero-order valence-electron chi connectivity index (χ0n) is 13.2. The Morgan fingerprint density at radius 1 is 1.22 bits per heavy atom. The van der Waals surface area contributed by atoms with Gasteiger partial charge in [0.2, 0.25) is 5.84 Å². The minimum atomic E-state index is 0.0263. The summed E-state index contributed by atoms with van der Waals surface area (Å²) in [6.07, 6.45) is 0.974. The van der Waals surface area contributed by atoms with Crippen molar-refractivity contribution in [3.05, 3.63) is 59.7 Å². The molecule has 2 aromatic rings. The minimum Gasteiger partial charge on any atom is -0.390 e. The third kappa shape index (κ3) is 4.70. The summed E-state index contributed by atoms with van der Waals surface area (Å²) < 4.78 is 0. The molecule has 2 rings (SSSR count). The maximum Gasteiger partial charge on any atom is 0.237 e. The fourth-order valence-electron chi connectivity index (χ4n) is 2.18. The van der Waals surface area contributed by atoms with Crippen LogP contribution in [-0.4, -0.2) is 24.1 Å². The van der Waals surface area contributed by atoms with Crippen LogP contribution in [0.2, 0.25) is 0 Å².